The van der Waals surface area contributed by atoms with Crippen molar-refractivity contribution in [2.75, 3.05) is 12.4 Å². The molecule has 0 spiro atoms. The van der Waals surface area contributed by atoms with Crippen LogP contribution in [0.2, 0.25) is 5.02 Å². The monoisotopic (exact) mass is 271 g/mol. The first-order valence-electron chi connectivity index (χ1n) is 5.75. The predicted octanol–water partition coefficient (Wildman–Crippen LogP) is 3.48. The van der Waals surface area contributed by atoms with E-state index in [1.54, 1.807) is 24.3 Å². The van der Waals surface area contributed by atoms with E-state index in [9.17, 15) is 4.79 Å². The lowest BCUT2D eigenvalue weighted by Gasteiger charge is -2.14. The highest BCUT2D eigenvalue weighted by Crippen LogP contribution is 2.48. The highest BCUT2D eigenvalue weighted by molar-refractivity contribution is 6.30. The van der Waals surface area contributed by atoms with Gasteiger partial charge in [-0.2, -0.15) is 0 Å². The SMILES string of the molecule is O=C(NCC1(CCCl)CC1)c1cccc(Cl)c1. The zero-order chi connectivity index (χ0) is 12.3. The van der Waals surface area contributed by atoms with E-state index in [-0.39, 0.29) is 11.3 Å². The van der Waals surface area contributed by atoms with Crippen LogP contribution in [0.5, 0.6) is 0 Å². The Kier molecular flexibility index (Phi) is 3.95. The number of hydrogen-bond donors (Lipinski definition) is 1. The van der Waals surface area contributed by atoms with Crippen LogP contribution in [-0.2, 0) is 0 Å². The number of amides is 1. The van der Waals surface area contributed by atoms with Gasteiger partial charge in [0.15, 0.2) is 0 Å². The van der Waals surface area contributed by atoms with Crippen LogP contribution in [0.15, 0.2) is 24.3 Å². The third-order valence-electron chi connectivity index (χ3n) is 3.29. The minimum Gasteiger partial charge on any atom is -0.351 e. The molecular weight excluding hydrogens is 257 g/mol. The summed E-state index contributed by atoms with van der Waals surface area (Å²) in [6.45, 7) is 0.713. The standard InChI is InChI=1S/C13H15Cl2NO/c14-7-6-13(4-5-13)9-16-12(17)10-2-1-3-11(15)8-10/h1-3,8H,4-7,9H2,(H,16,17). The van der Waals surface area contributed by atoms with Crippen LogP contribution in [0.4, 0.5) is 0 Å². The summed E-state index contributed by atoms with van der Waals surface area (Å²) in [5.41, 5.74) is 0.870. The summed E-state index contributed by atoms with van der Waals surface area (Å²) in [6, 6.07) is 6.98. The first-order valence-corrected chi connectivity index (χ1v) is 6.66. The summed E-state index contributed by atoms with van der Waals surface area (Å²) in [5.74, 6) is 0.598. The molecule has 1 fully saturated rings. The fourth-order valence-electron chi connectivity index (χ4n) is 1.89. The Balaban J connectivity index is 1.90. The van der Waals surface area contributed by atoms with E-state index in [4.69, 9.17) is 23.2 Å². The summed E-state index contributed by atoms with van der Waals surface area (Å²) in [4.78, 5) is 11.9. The summed E-state index contributed by atoms with van der Waals surface area (Å²) < 4.78 is 0. The fourth-order valence-corrected chi connectivity index (χ4v) is 2.48. The normalized spacial score (nSPS) is 16.6. The van der Waals surface area contributed by atoms with Gasteiger partial charge in [0.2, 0.25) is 0 Å². The van der Waals surface area contributed by atoms with Gasteiger partial charge in [-0.3, -0.25) is 4.79 Å². The van der Waals surface area contributed by atoms with Gasteiger partial charge in [0, 0.05) is 23.0 Å². The van der Waals surface area contributed by atoms with Gasteiger partial charge in [0.1, 0.15) is 0 Å². The Bertz CT molecular complexity index is 416. The molecule has 1 amide bonds. The molecule has 0 aromatic heterocycles. The van der Waals surface area contributed by atoms with E-state index in [0.717, 1.165) is 19.3 Å². The van der Waals surface area contributed by atoms with Crippen molar-refractivity contribution in [3.8, 4) is 0 Å². The second-order valence-electron chi connectivity index (χ2n) is 4.63. The highest BCUT2D eigenvalue weighted by atomic mass is 35.5. The molecule has 92 valence electrons. The largest absolute Gasteiger partial charge is 0.351 e. The molecule has 1 aromatic carbocycles. The van der Waals surface area contributed by atoms with Gasteiger partial charge in [0.05, 0.1) is 0 Å². The third-order valence-corrected chi connectivity index (χ3v) is 3.72. The molecule has 0 heterocycles. The maximum absolute atomic E-state index is 11.9. The van der Waals surface area contributed by atoms with Crippen molar-refractivity contribution in [3.63, 3.8) is 0 Å². The van der Waals surface area contributed by atoms with Crippen molar-refractivity contribution in [2.45, 2.75) is 19.3 Å². The lowest BCUT2D eigenvalue weighted by Crippen LogP contribution is -2.30. The van der Waals surface area contributed by atoms with Gasteiger partial charge in [0.25, 0.3) is 5.91 Å². The molecule has 0 saturated heterocycles. The van der Waals surface area contributed by atoms with Crippen LogP contribution < -0.4 is 5.32 Å². The molecule has 1 aliphatic carbocycles. The summed E-state index contributed by atoms with van der Waals surface area (Å²) in [6.07, 6.45) is 3.30. The summed E-state index contributed by atoms with van der Waals surface area (Å²) in [7, 11) is 0. The molecule has 0 bridgehead atoms. The second-order valence-corrected chi connectivity index (χ2v) is 5.45. The average Bonchev–Trinajstić information content (AvgIpc) is 3.07. The van der Waals surface area contributed by atoms with Gasteiger partial charge in [-0.15, -0.1) is 11.6 Å². The second kappa shape index (κ2) is 5.28. The number of alkyl halides is 1. The molecule has 1 N–H and O–H groups in total. The number of rotatable bonds is 5. The number of benzene rings is 1. The molecule has 1 aliphatic rings. The number of halogens is 2. The Morgan fingerprint density at radius 2 is 2.18 bits per heavy atom. The quantitative estimate of drug-likeness (QED) is 0.817. The zero-order valence-corrected chi connectivity index (χ0v) is 11.0. The van der Waals surface area contributed by atoms with E-state index < -0.39 is 0 Å². The molecule has 2 rings (SSSR count). The smallest absolute Gasteiger partial charge is 0.251 e. The lowest BCUT2D eigenvalue weighted by atomic mass is 10.0. The topological polar surface area (TPSA) is 29.1 Å². The maximum Gasteiger partial charge on any atom is 0.251 e. The van der Waals surface area contributed by atoms with Crippen LogP contribution in [-0.4, -0.2) is 18.3 Å². The fraction of sp³-hybridized carbons (Fsp3) is 0.462. The Morgan fingerprint density at radius 3 is 2.76 bits per heavy atom. The van der Waals surface area contributed by atoms with Gasteiger partial charge in [-0.1, -0.05) is 17.7 Å². The van der Waals surface area contributed by atoms with Crippen LogP contribution >= 0.6 is 23.2 Å². The minimum absolute atomic E-state index is 0.0617. The maximum atomic E-state index is 11.9. The molecule has 2 nitrogen and oxygen atoms in total. The van der Waals surface area contributed by atoms with Crippen LogP contribution in [0, 0.1) is 5.41 Å². The van der Waals surface area contributed by atoms with Crippen LogP contribution in [0.1, 0.15) is 29.6 Å². The molecule has 0 radical (unpaired) electrons. The van der Waals surface area contributed by atoms with Gasteiger partial charge in [-0.05, 0) is 42.9 Å². The van der Waals surface area contributed by atoms with Crippen molar-refractivity contribution in [1.29, 1.82) is 0 Å². The van der Waals surface area contributed by atoms with Gasteiger partial charge in [-0.25, -0.2) is 0 Å². The molecular formula is C13H15Cl2NO. The lowest BCUT2D eigenvalue weighted by molar-refractivity contribution is 0.0944. The van der Waals surface area contributed by atoms with E-state index >= 15 is 0 Å². The summed E-state index contributed by atoms with van der Waals surface area (Å²) in [5, 5.41) is 3.54. The first-order chi connectivity index (χ1) is 8.15. The number of carbonyl (C=O) groups is 1. The van der Waals surface area contributed by atoms with Crippen molar-refractivity contribution in [1.82, 2.24) is 5.32 Å². The van der Waals surface area contributed by atoms with Gasteiger partial charge >= 0.3 is 0 Å². The number of nitrogens with one attached hydrogen (secondary N) is 1. The highest BCUT2D eigenvalue weighted by Gasteiger charge is 2.41. The Morgan fingerprint density at radius 1 is 1.41 bits per heavy atom. The molecule has 17 heavy (non-hydrogen) atoms. The van der Waals surface area contributed by atoms with E-state index in [1.165, 1.54) is 0 Å². The van der Waals surface area contributed by atoms with Crippen LogP contribution in [0.3, 0.4) is 0 Å². The number of carbonyl (C=O) groups excluding carboxylic acids is 1. The van der Waals surface area contributed by atoms with Crippen molar-refractivity contribution in [3.05, 3.63) is 34.9 Å². The van der Waals surface area contributed by atoms with Crippen molar-refractivity contribution in [2.24, 2.45) is 5.41 Å². The predicted molar refractivity (Wildman–Crippen MR) is 70.8 cm³/mol. The van der Waals surface area contributed by atoms with E-state index in [2.05, 4.69) is 5.32 Å². The van der Waals surface area contributed by atoms with Gasteiger partial charge < -0.3 is 5.32 Å². The van der Waals surface area contributed by atoms with Crippen LogP contribution in [0.25, 0.3) is 0 Å². The summed E-state index contributed by atoms with van der Waals surface area (Å²) >= 11 is 11.6. The van der Waals surface area contributed by atoms with Crippen molar-refractivity contribution >= 4 is 29.1 Å². The molecule has 0 atom stereocenters. The minimum atomic E-state index is -0.0617. The van der Waals surface area contributed by atoms with E-state index in [1.807, 2.05) is 0 Å². The number of hydrogen-bond acceptors (Lipinski definition) is 1. The molecule has 0 aliphatic heterocycles. The molecule has 0 unspecified atom stereocenters. The molecule has 1 aromatic rings. The molecule has 4 heteroatoms. The van der Waals surface area contributed by atoms with Crippen molar-refractivity contribution < 1.29 is 4.79 Å². The molecule has 1 saturated carbocycles. The van der Waals surface area contributed by atoms with E-state index in [0.29, 0.717) is 23.0 Å². The Labute approximate surface area is 111 Å². The third kappa shape index (κ3) is 3.36. The first kappa shape index (κ1) is 12.7. The Hall–Kier alpha value is -0.730. The average molecular weight is 272 g/mol. The zero-order valence-electron chi connectivity index (χ0n) is 9.51.